The summed E-state index contributed by atoms with van der Waals surface area (Å²) in [5.41, 5.74) is 0.737. The minimum Gasteiger partial charge on any atom is -0.497 e. The van der Waals surface area contributed by atoms with Gasteiger partial charge >= 0.3 is 12.1 Å². The molecule has 2 unspecified atom stereocenters. The first-order valence-corrected chi connectivity index (χ1v) is 11.0. The second-order valence-electron chi connectivity index (χ2n) is 8.51. The van der Waals surface area contributed by atoms with Crippen LogP contribution in [-0.4, -0.2) is 85.6 Å². The molecular weight excluding hydrogens is 398 g/mol. The molecule has 3 saturated heterocycles. The number of nitrogens with one attached hydrogen (secondary N) is 2. The van der Waals surface area contributed by atoms with Crippen LogP contribution in [0.1, 0.15) is 19.3 Å². The maximum atomic E-state index is 12.8. The quantitative estimate of drug-likeness (QED) is 0.747. The highest BCUT2D eigenvalue weighted by Crippen LogP contribution is 2.32. The number of hydrogen-bond donors (Lipinski definition) is 2. The molecule has 31 heavy (non-hydrogen) atoms. The first-order valence-electron chi connectivity index (χ1n) is 11.0. The normalized spacial score (nSPS) is 23.8. The summed E-state index contributed by atoms with van der Waals surface area (Å²) in [5.74, 6) is 1.55. The number of benzene rings is 1. The van der Waals surface area contributed by atoms with Crippen molar-refractivity contribution in [2.75, 3.05) is 58.2 Å². The lowest BCUT2D eigenvalue weighted by atomic mass is 9.82. The van der Waals surface area contributed by atoms with Crippen LogP contribution in [0, 0.1) is 11.8 Å². The van der Waals surface area contributed by atoms with Gasteiger partial charge in [0.25, 0.3) is 0 Å². The Morgan fingerprint density at radius 2 is 1.81 bits per heavy atom. The highest BCUT2D eigenvalue weighted by atomic mass is 16.5. The van der Waals surface area contributed by atoms with Crippen LogP contribution in [0.2, 0.25) is 0 Å². The number of anilines is 1. The Kier molecular flexibility index (Phi) is 6.48. The van der Waals surface area contributed by atoms with Gasteiger partial charge in [0.15, 0.2) is 0 Å². The molecule has 0 radical (unpaired) electrons. The van der Waals surface area contributed by atoms with Gasteiger partial charge in [0.1, 0.15) is 5.75 Å². The second-order valence-corrected chi connectivity index (χ2v) is 8.51. The van der Waals surface area contributed by atoms with Crippen LogP contribution in [0.15, 0.2) is 24.3 Å². The summed E-state index contributed by atoms with van der Waals surface area (Å²) in [4.78, 5) is 42.8. The average Bonchev–Trinajstić information content (AvgIpc) is 3.12. The number of carbonyl (C=O) groups excluding carboxylic acids is 3. The summed E-state index contributed by atoms with van der Waals surface area (Å²) < 4.78 is 5.15. The molecule has 9 nitrogen and oxygen atoms in total. The van der Waals surface area contributed by atoms with Gasteiger partial charge < -0.3 is 30.1 Å². The van der Waals surface area contributed by atoms with E-state index in [-0.39, 0.29) is 18.0 Å². The van der Waals surface area contributed by atoms with Crippen LogP contribution in [-0.2, 0) is 4.79 Å². The maximum Gasteiger partial charge on any atom is 0.321 e. The molecular formula is C22H31N5O4. The maximum absolute atomic E-state index is 12.8. The number of rotatable bonds is 5. The zero-order valence-corrected chi connectivity index (χ0v) is 18.0. The monoisotopic (exact) mass is 429 g/mol. The molecule has 5 amide bonds. The fourth-order valence-corrected chi connectivity index (χ4v) is 4.74. The Bertz CT molecular complexity index is 815. The molecule has 1 aromatic rings. The van der Waals surface area contributed by atoms with E-state index in [1.165, 1.54) is 0 Å². The molecule has 9 heteroatoms. The number of ether oxygens (including phenoxy) is 1. The molecule has 0 spiro atoms. The highest BCUT2D eigenvalue weighted by Gasteiger charge is 2.36. The summed E-state index contributed by atoms with van der Waals surface area (Å²) in [6, 6.07) is 7.14. The number of carbonyl (C=O) groups is 3. The summed E-state index contributed by atoms with van der Waals surface area (Å²) in [7, 11) is 1.61. The number of methoxy groups -OCH3 is 1. The molecule has 0 aromatic heterocycles. The van der Waals surface area contributed by atoms with E-state index in [1.807, 2.05) is 34.1 Å². The number of nitrogens with zero attached hydrogens (tertiary/aromatic N) is 3. The van der Waals surface area contributed by atoms with Crippen LogP contribution in [0.4, 0.5) is 15.3 Å². The number of likely N-dealkylation sites (tertiary alicyclic amines) is 2. The molecule has 0 aliphatic carbocycles. The number of fused-ring (bicyclic) bond motifs is 1. The minimum atomic E-state index is -0.101. The van der Waals surface area contributed by atoms with E-state index in [4.69, 9.17) is 4.74 Å². The van der Waals surface area contributed by atoms with Crippen molar-refractivity contribution in [1.82, 2.24) is 20.0 Å². The lowest BCUT2D eigenvalue weighted by molar-refractivity contribution is -0.131. The molecule has 2 N–H and O–H groups in total. The van der Waals surface area contributed by atoms with Gasteiger partial charge in [-0.25, -0.2) is 9.59 Å². The molecule has 3 heterocycles. The molecule has 3 fully saturated rings. The Morgan fingerprint density at radius 3 is 2.52 bits per heavy atom. The number of hydrogen-bond acceptors (Lipinski definition) is 4. The zero-order valence-electron chi connectivity index (χ0n) is 18.0. The number of piperidine rings is 1. The predicted octanol–water partition coefficient (Wildman–Crippen LogP) is 1.81. The Hall–Kier alpha value is -2.97. The van der Waals surface area contributed by atoms with Crippen LogP contribution in [0.25, 0.3) is 0 Å². The smallest absolute Gasteiger partial charge is 0.321 e. The van der Waals surface area contributed by atoms with Gasteiger partial charge in [0.05, 0.1) is 7.11 Å². The third-order valence-corrected chi connectivity index (χ3v) is 6.66. The summed E-state index contributed by atoms with van der Waals surface area (Å²) in [6.07, 6.45) is 2.26. The molecule has 3 aliphatic heterocycles. The minimum absolute atomic E-state index is 0.0468. The lowest BCUT2D eigenvalue weighted by Gasteiger charge is -2.37. The van der Waals surface area contributed by atoms with Gasteiger partial charge in [-0.2, -0.15) is 0 Å². The first kappa shape index (κ1) is 21.3. The Morgan fingerprint density at radius 1 is 1.06 bits per heavy atom. The third-order valence-electron chi connectivity index (χ3n) is 6.66. The Balaban J connectivity index is 1.29. The first-order chi connectivity index (χ1) is 15.0. The largest absolute Gasteiger partial charge is 0.497 e. The van der Waals surface area contributed by atoms with Gasteiger partial charge in [0, 0.05) is 57.9 Å². The van der Waals surface area contributed by atoms with Crippen LogP contribution in [0.3, 0.4) is 0 Å². The Labute approximate surface area is 182 Å². The summed E-state index contributed by atoms with van der Waals surface area (Å²) in [6.45, 7) is 4.53. The van der Waals surface area contributed by atoms with E-state index in [2.05, 4.69) is 10.6 Å². The topological polar surface area (TPSA) is 94.2 Å². The van der Waals surface area contributed by atoms with E-state index < -0.39 is 0 Å². The van der Waals surface area contributed by atoms with Crippen LogP contribution < -0.4 is 15.4 Å². The van der Waals surface area contributed by atoms with Crippen molar-refractivity contribution >= 4 is 23.7 Å². The third kappa shape index (κ3) is 5.03. The lowest BCUT2D eigenvalue weighted by Crippen LogP contribution is -2.45. The fourth-order valence-electron chi connectivity index (χ4n) is 4.74. The van der Waals surface area contributed by atoms with E-state index in [0.29, 0.717) is 64.1 Å². The molecule has 4 rings (SSSR count). The van der Waals surface area contributed by atoms with Crippen LogP contribution in [0.5, 0.6) is 5.75 Å². The zero-order chi connectivity index (χ0) is 21.8. The van der Waals surface area contributed by atoms with E-state index >= 15 is 0 Å². The van der Waals surface area contributed by atoms with Crippen molar-refractivity contribution in [3.8, 4) is 5.75 Å². The molecule has 3 aliphatic rings. The summed E-state index contributed by atoms with van der Waals surface area (Å²) >= 11 is 0. The molecule has 0 saturated carbocycles. The van der Waals surface area contributed by atoms with Crippen molar-refractivity contribution in [2.45, 2.75) is 19.3 Å². The van der Waals surface area contributed by atoms with Crippen LogP contribution >= 0.6 is 0 Å². The van der Waals surface area contributed by atoms with E-state index in [9.17, 15) is 14.4 Å². The molecule has 168 valence electrons. The molecule has 0 bridgehead atoms. The summed E-state index contributed by atoms with van der Waals surface area (Å²) in [5, 5.41) is 5.75. The van der Waals surface area contributed by atoms with Crippen molar-refractivity contribution < 1.29 is 19.1 Å². The average molecular weight is 430 g/mol. The standard InChI is InChI=1S/C22H31N5O4/c1-31-19-4-2-18(3-5-19)24-22(30)27-10-6-16-14-20(28)25(9-7-17(16)15-27)12-13-26-11-8-23-21(26)29/h2-5,16-17H,6-15H2,1H3,(H,23,29)(H,24,30). The van der Waals surface area contributed by atoms with Gasteiger partial charge in [-0.05, 0) is 48.9 Å². The fraction of sp³-hybridized carbons (Fsp3) is 0.591. The van der Waals surface area contributed by atoms with Crippen molar-refractivity contribution in [1.29, 1.82) is 0 Å². The number of urea groups is 2. The number of amides is 5. The highest BCUT2D eigenvalue weighted by molar-refractivity contribution is 5.89. The van der Waals surface area contributed by atoms with Gasteiger partial charge in [-0.3, -0.25) is 4.79 Å². The van der Waals surface area contributed by atoms with Gasteiger partial charge in [-0.15, -0.1) is 0 Å². The molecule has 1 aromatic carbocycles. The van der Waals surface area contributed by atoms with Gasteiger partial charge in [-0.1, -0.05) is 0 Å². The van der Waals surface area contributed by atoms with Crippen molar-refractivity contribution in [3.05, 3.63) is 24.3 Å². The van der Waals surface area contributed by atoms with E-state index in [1.54, 1.807) is 12.0 Å². The van der Waals surface area contributed by atoms with Crippen molar-refractivity contribution in [2.24, 2.45) is 11.8 Å². The second kappa shape index (κ2) is 9.45. The SMILES string of the molecule is COc1ccc(NC(=O)N2CCC3CC(=O)N(CCN4CCNC4=O)CCC3C2)cc1. The molecule has 2 atom stereocenters. The van der Waals surface area contributed by atoms with E-state index in [0.717, 1.165) is 24.3 Å². The van der Waals surface area contributed by atoms with Gasteiger partial charge in [0.2, 0.25) is 5.91 Å². The predicted molar refractivity (Wildman–Crippen MR) is 116 cm³/mol. The van der Waals surface area contributed by atoms with Crippen molar-refractivity contribution in [3.63, 3.8) is 0 Å².